The van der Waals surface area contributed by atoms with Crippen molar-refractivity contribution in [1.82, 2.24) is 15.2 Å². The van der Waals surface area contributed by atoms with Gasteiger partial charge in [-0.15, -0.1) is 0 Å². The molecular weight excluding hydrogens is 190 g/mol. The predicted octanol–water partition coefficient (Wildman–Crippen LogP) is 0.971. The van der Waals surface area contributed by atoms with Crippen molar-refractivity contribution >= 4 is 5.91 Å². The molecule has 0 bridgehead atoms. The zero-order chi connectivity index (χ0) is 11.3. The number of aromatic nitrogens is 1. The number of amides is 1. The van der Waals surface area contributed by atoms with Crippen molar-refractivity contribution in [2.24, 2.45) is 0 Å². The number of carbonyl (C=O) groups is 1. The third-order valence-corrected chi connectivity index (χ3v) is 2.48. The molecule has 15 heavy (non-hydrogen) atoms. The molecule has 4 heteroatoms. The quantitative estimate of drug-likeness (QED) is 0.759. The molecule has 0 saturated heterocycles. The predicted molar refractivity (Wildman–Crippen MR) is 60.4 cm³/mol. The van der Waals surface area contributed by atoms with Gasteiger partial charge in [-0.1, -0.05) is 0 Å². The first-order valence-electron chi connectivity index (χ1n) is 5.25. The van der Waals surface area contributed by atoms with Crippen LogP contribution in [0.2, 0.25) is 0 Å². The van der Waals surface area contributed by atoms with Crippen LogP contribution < -0.4 is 5.32 Å². The van der Waals surface area contributed by atoms with Crippen molar-refractivity contribution in [3.05, 3.63) is 24.0 Å². The van der Waals surface area contributed by atoms with Gasteiger partial charge in [0.2, 0.25) is 5.91 Å². The topological polar surface area (TPSA) is 48.1 Å². The first kappa shape index (κ1) is 11.8. The summed E-state index contributed by atoms with van der Waals surface area (Å²) in [5, 5.41) is 3.18. The van der Waals surface area contributed by atoms with Crippen molar-refractivity contribution < 1.29 is 4.79 Å². The Bertz CT molecular complexity index is 295. The number of aromatic amines is 1. The molecule has 0 aromatic carbocycles. The lowest BCUT2D eigenvalue weighted by Crippen LogP contribution is -2.42. The normalized spacial score (nSPS) is 12.5. The summed E-state index contributed by atoms with van der Waals surface area (Å²) in [4.78, 5) is 16.5. The van der Waals surface area contributed by atoms with Crippen LogP contribution in [0.15, 0.2) is 18.3 Å². The molecule has 2 N–H and O–H groups in total. The summed E-state index contributed by atoms with van der Waals surface area (Å²) in [6.45, 7) is 5.29. The largest absolute Gasteiger partial charge is 0.364 e. The number of carbonyl (C=O) groups excluding carboxylic acids is 1. The molecular formula is C11H19N3O. The minimum Gasteiger partial charge on any atom is -0.364 e. The van der Waals surface area contributed by atoms with E-state index in [9.17, 15) is 4.79 Å². The van der Waals surface area contributed by atoms with Gasteiger partial charge in [0, 0.05) is 32.0 Å². The molecule has 4 nitrogen and oxygen atoms in total. The van der Waals surface area contributed by atoms with Crippen LogP contribution >= 0.6 is 0 Å². The molecule has 1 aromatic rings. The highest BCUT2D eigenvalue weighted by molar-refractivity contribution is 5.81. The molecule has 1 atom stereocenters. The highest BCUT2D eigenvalue weighted by atomic mass is 16.2. The highest BCUT2D eigenvalue weighted by Crippen LogP contribution is 1.96. The lowest BCUT2D eigenvalue weighted by molar-refractivity contribution is -0.131. The molecule has 1 amide bonds. The average Bonchev–Trinajstić information content (AvgIpc) is 2.76. The maximum Gasteiger partial charge on any atom is 0.239 e. The summed E-state index contributed by atoms with van der Waals surface area (Å²) >= 11 is 0. The molecule has 0 radical (unpaired) electrons. The summed E-state index contributed by atoms with van der Waals surface area (Å²) in [7, 11) is 1.81. The number of likely N-dealkylation sites (N-methyl/N-ethyl adjacent to an activating group) is 1. The summed E-state index contributed by atoms with van der Waals surface area (Å²) in [5.74, 6) is 0.129. The van der Waals surface area contributed by atoms with Crippen LogP contribution in [0.1, 0.15) is 19.5 Å². The Hall–Kier alpha value is -1.29. The van der Waals surface area contributed by atoms with E-state index >= 15 is 0 Å². The number of nitrogens with zero attached hydrogens (tertiary/aromatic N) is 1. The molecule has 0 saturated carbocycles. The average molecular weight is 209 g/mol. The Morgan fingerprint density at radius 1 is 1.67 bits per heavy atom. The Morgan fingerprint density at radius 3 is 2.93 bits per heavy atom. The number of hydrogen-bond donors (Lipinski definition) is 2. The third-order valence-electron chi connectivity index (χ3n) is 2.48. The maximum absolute atomic E-state index is 11.7. The first-order chi connectivity index (χ1) is 7.15. The van der Waals surface area contributed by atoms with Crippen molar-refractivity contribution in [3.63, 3.8) is 0 Å². The van der Waals surface area contributed by atoms with E-state index in [1.807, 2.05) is 39.2 Å². The van der Waals surface area contributed by atoms with Crippen LogP contribution in [0.3, 0.4) is 0 Å². The van der Waals surface area contributed by atoms with Gasteiger partial charge in [-0.25, -0.2) is 0 Å². The second kappa shape index (κ2) is 5.56. The van der Waals surface area contributed by atoms with Gasteiger partial charge in [0.25, 0.3) is 0 Å². The van der Waals surface area contributed by atoms with Crippen LogP contribution in [-0.2, 0) is 11.3 Å². The Kier molecular flexibility index (Phi) is 4.37. The van der Waals surface area contributed by atoms with Crippen LogP contribution in [0, 0.1) is 0 Å². The molecule has 1 unspecified atom stereocenters. The smallest absolute Gasteiger partial charge is 0.239 e. The van der Waals surface area contributed by atoms with E-state index in [0.29, 0.717) is 6.54 Å². The van der Waals surface area contributed by atoms with Gasteiger partial charge in [0.05, 0.1) is 6.04 Å². The summed E-state index contributed by atoms with van der Waals surface area (Å²) in [5.41, 5.74) is 1.09. The fourth-order valence-corrected chi connectivity index (χ4v) is 1.31. The van der Waals surface area contributed by atoms with Crippen molar-refractivity contribution in [2.45, 2.75) is 26.4 Å². The molecule has 1 aromatic heterocycles. The second-order valence-electron chi connectivity index (χ2n) is 3.65. The van der Waals surface area contributed by atoms with E-state index in [1.54, 1.807) is 4.90 Å². The first-order valence-corrected chi connectivity index (χ1v) is 5.25. The van der Waals surface area contributed by atoms with Crippen molar-refractivity contribution in [2.75, 3.05) is 13.6 Å². The zero-order valence-corrected chi connectivity index (χ0v) is 9.58. The molecule has 84 valence electrons. The monoisotopic (exact) mass is 209 g/mol. The Balaban J connectivity index is 2.35. The molecule has 1 rings (SSSR count). The SMILES string of the molecule is CCN(C)C(=O)C(C)NCc1ccc[nH]1. The van der Waals surface area contributed by atoms with Crippen molar-refractivity contribution in [1.29, 1.82) is 0 Å². The van der Waals surface area contributed by atoms with E-state index < -0.39 is 0 Å². The summed E-state index contributed by atoms with van der Waals surface area (Å²) < 4.78 is 0. The molecule has 0 fully saturated rings. The number of nitrogens with one attached hydrogen (secondary N) is 2. The lowest BCUT2D eigenvalue weighted by atomic mass is 10.3. The third kappa shape index (κ3) is 3.40. The summed E-state index contributed by atoms with van der Waals surface area (Å²) in [6, 6.07) is 3.80. The summed E-state index contributed by atoms with van der Waals surface area (Å²) in [6.07, 6.45) is 1.88. The Labute approximate surface area is 90.7 Å². The fraction of sp³-hybridized carbons (Fsp3) is 0.545. The number of hydrogen-bond acceptors (Lipinski definition) is 2. The number of H-pyrrole nitrogens is 1. The van der Waals surface area contributed by atoms with Gasteiger partial charge in [0.15, 0.2) is 0 Å². The van der Waals surface area contributed by atoms with Crippen LogP contribution in [-0.4, -0.2) is 35.4 Å². The van der Waals surface area contributed by atoms with Gasteiger partial charge < -0.3 is 15.2 Å². The molecule has 1 heterocycles. The van der Waals surface area contributed by atoms with E-state index in [4.69, 9.17) is 0 Å². The van der Waals surface area contributed by atoms with Gasteiger partial charge in [-0.3, -0.25) is 4.79 Å². The standard InChI is InChI=1S/C11H19N3O/c1-4-14(3)11(15)9(2)13-8-10-6-5-7-12-10/h5-7,9,12-13H,4,8H2,1-3H3. The fourth-order valence-electron chi connectivity index (χ4n) is 1.31. The van der Waals surface area contributed by atoms with Gasteiger partial charge in [-0.05, 0) is 26.0 Å². The Morgan fingerprint density at radius 2 is 2.40 bits per heavy atom. The minimum absolute atomic E-state index is 0.129. The van der Waals surface area contributed by atoms with E-state index in [1.165, 1.54) is 0 Å². The van der Waals surface area contributed by atoms with Gasteiger partial charge in [0.1, 0.15) is 0 Å². The zero-order valence-electron chi connectivity index (χ0n) is 9.58. The lowest BCUT2D eigenvalue weighted by Gasteiger charge is -2.20. The second-order valence-corrected chi connectivity index (χ2v) is 3.65. The van der Waals surface area contributed by atoms with Crippen molar-refractivity contribution in [3.8, 4) is 0 Å². The van der Waals surface area contributed by atoms with Gasteiger partial charge in [-0.2, -0.15) is 0 Å². The number of rotatable bonds is 5. The maximum atomic E-state index is 11.7. The molecule has 0 aliphatic carbocycles. The van der Waals surface area contributed by atoms with Crippen LogP contribution in [0.5, 0.6) is 0 Å². The van der Waals surface area contributed by atoms with E-state index in [2.05, 4.69) is 10.3 Å². The van der Waals surface area contributed by atoms with Crippen LogP contribution in [0.4, 0.5) is 0 Å². The molecule has 0 spiro atoms. The van der Waals surface area contributed by atoms with Gasteiger partial charge >= 0.3 is 0 Å². The van der Waals surface area contributed by atoms with Crippen LogP contribution in [0.25, 0.3) is 0 Å². The highest BCUT2D eigenvalue weighted by Gasteiger charge is 2.15. The van der Waals surface area contributed by atoms with E-state index in [-0.39, 0.29) is 11.9 Å². The molecule has 0 aliphatic rings. The van der Waals surface area contributed by atoms with E-state index in [0.717, 1.165) is 12.2 Å². The minimum atomic E-state index is -0.141. The molecule has 0 aliphatic heterocycles.